The topological polar surface area (TPSA) is 42.7 Å². The SMILES string of the molecule is Cc1ccccc1Cn1nc(CN[C@H](C)c2ccccc2)c(-c2ccccc2)n1. The van der Waals surface area contributed by atoms with Crippen LogP contribution in [0.1, 0.15) is 35.3 Å². The maximum Gasteiger partial charge on any atom is 0.117 e. The minimum absolute atomic E-state index is 0.237. The molecular weight excluding hydrogens is 356 g/mol. The number of nitrogens with one attached hydrogen (secondary N) is 1. The van der Waals surface area contributed by atoms with Gasteiger partial charge >= 0.3 is 0 Å². The van der Waals surface area contributed by atoms with Crippen LogP contribution in [0.15, 0.2) is 84.9 Å². The number of nitrogens with zero attached hydrogens (tertiary/aromatic N) is 3. The number of rotatable bonds is 7. The molecule has 146 valence electrons. The highest BCUT2D eigenvalue weighted by atomic mass is 15.5. The Balaban J connectivity index is 1.59. The predicted molar refractivity (Wildman–Crippen MR) is 117 cm³/mol. The molecule has 4 heteroatoms. The fraction of sp³-hybridized carbons (Fsp3) is 0.200. The summed E-state index contributed by atoms with van der Waals surface area (Å²) >= 11 is 0. The molecule has 4 rings (SSSR count). The molecule has 4 aromatic rings. The molecule has 4 nitrogen and oxygen atoms in total. The Kier molecular flexibility index (Phi) is 5.82. The molecule has 1 aromatic heterocycles. The van der Waals surface area contributed by atoms with Crippen molar-refractivity contribution in [3.05, 3.63) is 107 Å². The van der Waals surface area contributed by atoms with Crippen LogP contribution in [-0.4, -0.2) is 15.0 Å². The van der Waals surface area contributed by atoms with Gasteiger partial charge in [0.05, 0.1) is 6.54 Å². The summed E-state index contributed by atoms with van der Waals surface area (Å²) in [6, 6.07) is 29.4. The molecule has 0 aliphatic carbocycles. The van der Waals surface area contributed by atoms with E-state index >= 15 is 0 Å². The van der Waals surface area contributed by atoms with Gasteiger partial charge in [-0.2, -0.15) is 15.0 Å². The van der Waals surface area contributed by atoms with Crippen molar-refractivity contribution < 1.29 is 0 Å². The first-order chi connectivity index (χ1) is 14.2. The third-order valence-electron chi connectivity index (χ3n) is 5.22. The molecule has 0 saturated carbocycles. The van der Waals surface area contributed by atoms with Crippen molar-refractivity contribution in [1.82, 2.24) is 20.3 Å². The molecule has 0 spiro atoms. The molecule has 1 heterocycles. The van der Waals surface area contributed by atoms with Crippen LogP contribution >= 0.6 is 0 Å². The monoisotopic (exact) mass is 382 g/mol. The van der Waals surface area contributed by atoms with E-state index in [-0.39, 0.29) is 6.04 Å². The van der Waals surface area contributed by atoms with E-state index in [9.17, 15) is 0 Å². The molecule has 1 N–H and O–H groups in total. The first-order valence-electron chi connectivity index (χ1n) is 10.0. The van der Waals surface area contributed by atoms with Gasteiger partial charge in [0.15, 0.2) is 0 Å². The number of hydrogen-bond donors (Lipinski definition) is 1. The van der Waals surface area contributed by atoms with Crippen LogP contribution < -0.4 is 5.32 Å². The largest absolute Gasteiger partial charge is 0.304 e. The molecule has 0 saturated heterocycles. The lowest BCUT2D eigenvalue weighted by Crippen LogP contribution is -2.19. The first-order valence-corrected chi connectivity index (χ1v) is 10.0. The van der Waals surface area contributed by atoms with Crippen LogP contribution in [0, 0.1) is 6.92 Å². The van der Waals surface area contributed by atoms with Crippen LogP contribution in [0.3, 0.4) is 0 Å². The lowest BCUT2D eigenvalue weighted by molar-refractivity contribution is 0.546. The van der Waals surface area contributed by atoms with Crippen LogP contribution in [0.25, 0.3) is 11.3 Å². The van der Waals surface area contributed by atoms with E-state index in [1.165, 1.54) is 16.7 Å². The number of aryl methyl sites for hydroxylation is 1. The third kappa shape index (κ3) is 4.61. The van der Waals surface area contributed by atoms with Gasteiger partial charge in [-0.15, -0.1) is 0 Å². The minimum atomic E-state index is 0.237. The molecular formula is C25H26N4. The number of aromatic nitrogens is 3. The van der Waals surface area contributed by atoms with E-state index in [4.69, 9.17) is 10.2 Å². The van der Waals surface area contributed by atoms with E-state index in [1.807, 2.05) is 29.1 Å². The van der Waals surface area contributed by atoms with E-state index < -0.39 is 0 Å². The molecule has 0 aliphatic heterocycles. The standard InChI is InChI=1S/C25H26N4/c1-19-11-9-10-16-23(19)18-29-27-24(25(28-29)22-14-7-4-8-15-22)17-26-20(2)21-12-5-3-6-13-21/h3-16,20,26H,17-18H2,1-2H3/t20-/m1/s1. The Labute approximate surface area is 172 Å². The lowest BCUT2D eigenvalue weighted by Gasteiger charge is -2.13. The average Bonchev–Trinajstić information content (AvgIpc) is 3.17. The van der Waals surface area contributed by atoms with Gasteiger partial charge in [-0.1, -0.05) is 84.9 Å². The van der Waals surface area contributed by atoms with Gasteiger partial charge in [0.25, 0.3) is 0 Å². The molecule has 3 aromatic carbocycles. The van der Waals surface area contributed by atoms with Crippen molar-refractivity contribution in [1.29, 1.82) is 0 Å². The first kappa shape index (κ1) is 19.1. The highest BCUT2D eigenvalue weighted by Crippen LogP contribution is 2.22. The second-order valence-electron chi connectivity index (χ2n) is 7.33. The Morgan fingerprint density at radius 1 is 0.828 bits per heavy atom. The van der Waals surface area contributed by atoms with Crippen molar-refractivity contribution in [2.45, 2.75) is 33.0 Å². The summed E-state index contributed by atoms with van der Waals surface area (Å²) in [6.45, 7) is 5.63. The highest BCUT2D eigenvalue weighted by molar-refractivity contribution is 5.60. The van der Waals surface area contributed by atoms with E-state index in [0.717, 1.165) is 17.0 Å². The summed E-state index contributed by atoms with van der Waals surface area (Å²) in [5.74, 6) is 0. The molecule has 0 unspecified atom stereocenters. The minimum Gasteiger partial charge on any atom is -0.304 e. The molecule has 0 bridgehead atoms. The van der Waals surface area contributed by atoms with Crippen molar-refractivity contribution in [2.24, 2.45) is 0 Å². The fourth-order valence-electron chi connectivity index (χ4n) is 3.44. The Morgan fingerprint density at radius 3 is 2.21 bits per heavy atom. The van der Waals surface area contributed by atoms with Gasteiger partial charge in [-0.3, -0.25) is 0 Å². The fourth-order valence-corrected chi connectivity index (χ4v) is 3.44. The summed E-state index contributed by atoms with van der Waals surface area (Å²) in [5.41, 5.74) is 6.75. The zero-order chi connectivity index (χ0) is 20.1. The van der Waals surface area contributed by atoms with Crippen molar-refractivity contribution in [3.63, 3.8) is 0 Å². The van der Waals surface area contributed by atoms with E-state index in [1.54, 1.807) is 0 Å². The Hall–Kier alpha value is -3.24. The lowest BCUT2D eigenvalue weighted by atomic mass is 10.1. The molecule has 0 aliphatic rings. The molecule has 1 atom stereocenters. The summed E-state index contributed by atoms with van der Waals surface area (Å²) in [4.78, 5) is 1.81. The Morgan fingerprint density at radius 2 is 1.48 bits per heavy atom. The summed E-state index contributed by atoms with van der Waals surface area (Å²) in [7, 11) is 0. The van der Waals surface area contributed by atoms with Crippen molar-refractivity contribution in [3.8, 4) is 11.3 Å². The quantitative estimate of drug-likeness (QED) is 0.480. The van der Waals surface area contributed by atoms with Crippen molar-refractivity contribution in [2.75, 3.05) is 0 Å². The zero-order valence-electron chi connectivity index (χ0n) is 16.9. The van der Waals surface area contributed by atoms with Gasteiger partial charge in [-0.25, -0.2) is 0 Å². The Bertz CT molecular complexity index is 1050. The third-order valence-corrected chi connectivity index (χ3v) is 5.22. The summed E-state index contributed by atoms with van der Waals surface area (Å²) in [5, 5.41) is 13.3. The van der Waals surface area contributed by atoms with Crippen molar-refractivity contribution >= 4 is 0 Å². The molecule has 0 fully saturated rings. The van der Waals surface area contributed by atoms with E-state index in [0.29, 0.717) is 13.1 Å². The van der Waals surface area contributed by atoms with Gasteiger partial charge < -0.3 is 5.32 Å². The number of hydrogen-bond acceptors (Lipinski definition) is 3. The van der Waals surface area contributed by atoms with Crippen LogP contribution in [0.5, 0.6) is 0 Å². The predicted octanol–water partition coefficient (Wildman–Crippen LogP) is 5.15. The normalized spacial score (nSPS) is 12.1. The molecule has 0 radical (unpaired) electrons. The van der Waals surface area contributed by atoms with Gasteiger partial charge in [0.1, 0.15) is 11.4 Å². The maximum atomic E-state index is 4.83. The van der Waals surface area contributed by atoms with Crippen LogP contribution in [0.4, 0.5) is 0 Å². The van der Waals surface area contributed by atoms with Gasteiger partial charge in [-0.05, 0) is 30.5 Å². The summed E-state index contributed by atoms with van der Waals surface area (Å²) < 4.78 is 0. The van der Waals surface area contributed by atoms with Gasteiger partial charge in [0, 0.05) is 18.2 Å². The maximum absolute atomic E-state index is 4.83. The van der Waals surface area contributed by atoms with E-state index in [2.05, 4.69) is 79.8 Å². The second-order valence-corrected chi connectivity index (χ2v) is 7.33. The second kappa shape index (κ2) is 8.84. The van der Waals surface area contributed by atoms with Crippen LogP contribution in [0.2, 0.25) is 0 Å². The summed E-state index contributed by atoms with van der Waals surface area (Å²) in [6.07, 6.45) is 0. The van der Waals surface area contributed by atoms with Crippen LogP contribution in [-0.2, 0) is 13.1 Å². The number of benzene rings is 3. The van der Waals surface area contributed by atoms with Gasteiger partial charge in [0.2, 0.25) is 0 Å². The average molecular weight is 383 g/mol. The molecule has 29 heavy (non-hydrogen) atoms. The molecule has 0 amide bonds. The smallest absolute Gasteiger partial charge is 0.117 e. The zero-order valence-corrected chi connectivity index (χ0v) is 16.9. The highest BCUT2D eigenvalue weighted by Gasteiger charge is 2.15.